The van der Waals surface area contributed by atoms with Gasteiger partial charge in [-0.05, 0) is 30.5 Å². The highest BCUT2D eigenvalue weighted by Gasteiger charge is 2.09. The molecular weight excluding hydrogens is 234 g/mol. The first-order valence-electron chi connectivity index (χ1n) is 6.11. The number of ether oxygens (including phenoxy) is 1. The Bertz CT molecular complexity index is 504. The van der Waals surface area contributed by atoms with Crippen LogP contribution in [0.1, 0.15) is 25.8 Å². The zero-order valence-electron chi connectivity index (χ0n) is 10.4. The van der Waals surface area contributed by atoms with Crippen molar-refractivity contribution < 1.29 is 4.74 Å². The van der Waals surface area contributed by atoms with E-state index in [-0.39, 0.29) is 0 Å². The van der Waals surface area contributed by atoms with Crippen LogP contribution in [0.3, 0.4) is 0 Å². The Kier molecular flexibility index (Phi) is 4.08. The van der Waals surface area contributed by atoms with Crippen molar-refractivity contribution in [3.63, 3.8) is 0 Å². The number of benzene rings is 1. The molecule has 0 aliphatic rings. The molecule has 0 saturated carbocycles. The van der Waals surface area contributed by atoms with Gasteiger partial charge in [-0.2, -0.15) is 0 Å². The molecule has 0 bridgehead atoms. The van der Waals surface area contributed by atoms with Crippen molar-refractivity contribution >= 4 is 22.5 Å². The van der Waals surface area contributed by atoms with Crippen LogP contribution in [0.2, 0.25) is 5.02 Å². The monoisotopic (exact) mass is 251 g/mol. The van der Waals surface area contributed by atoms with E-state index < -0.39 is 0 Å². The van der Waals surface area contributed by atoms with Crippen LogP contribution < -0.4 is 0 Å². The number of nitrogens with zero attached hydrogens (tertiary/aromatic N) is 1. The Morgan fingerprint density at radius 2 is 2.12 bits per heavy atom. The van der Waals surface area contributed by atoms with Gasteiger partial charge in [0, 0.05) is 18.2 Å². The molecule has 1 heterocycles. The van der Waals surface area contributed by atoms with E-state index in [0.29, 0.717) is 6.73 Å². The molecule has 0 spiro atoms. The van der Waals surface area contributed by atoms with E-state index in [0.717, 1.165) is 35.4 Å². The van der Waals surface area contributed by atoms with Gasteiger partial charge in [-0.25, -0.2) is 0 Å². The Balaban J connectivity index is 2.39. The highest BCUT2D eigenvalue weighted by Crippen LogP contribution is 2.29. The molecular formula is C14H18ClNO. The van der Waals surface area contributed by atoms with Crippen molar-refractivity contribution in [2.24, 2.45) is 0 Å². The summed E-state index contributed by atoms with van der Waals surface area (Å²) < 4.78 is 7.73. The van der Waals surface area contributed by atoms with Crippen molar-refractivity contribution in [3.05, 3.63) is 35.0 Å². The van der Waals surface area contributed by atoms with Crippen LogP contribution in [-0.4, -0.2) is 11.2 Å². The minimum Gasteiger partial charge on any atom is -0.361 e. The third-order valence-electron chi connectivity index (χ3n) is 2.89. The van der Waals surface area contributed by atoms with E-state index in [2.05, 4.69) is 30.7 Å². The summed E-state index contributed by atoms with van der Waals surface area (Å²) in [5.41, 5.74) is 2.44. The lowest BCUT2D eigenvalue weighted by atomic mass is 10.1. The van der Waals surface area contributed by atoms with Crippen LogP contribution in [-0.2, 0) is 17.9 Å². The van der Waals surface area contributed by atoms with E-state index >= 15 is 0 Å². The molecule has 0 fully saturated rings. The smallest absolute Gasteiger partial charge is 0.122 e. The van der Waals surface area contributed by atoms with Crippen LogP contribution >= 0.6 is 11.6 Å². The second-order valence-electron chi connectivity index (χ2n) is 4.15. The van der Waals surface area contributed by atoms with Crippen LogP contribution in [0.25, 0.3) is 10.9 Å². The molecule has 3 heteroatoms. The molecule has 1 aromatic carbocycles. The normalized spacial score (nSPS) is 11.2. The SMILES string of the molecule is CCCOCn1cc(CC)c2c(Cl)cccc21. The summed E-state index contributed by atoms with van der Waals surface area (Å²) in [6, 6.07) is 6.02. The van der Waals surface area contributed by atoms with Gasteiger partial charge in [0.15, 0.2) is 0 Å². The van der Waals surface area contributed by atoms with Gasteiger partial charge in [-0.3, -0.25) is 0 Å². The molecule has 0 amide bonds. The number of hydrogen-bond donors (Lipinski definition) is 0. The third kappa shape index (κ3) is 2.48. The van der Waals surface area contributed by atoms with Gasteiger partial charge in [0.05, 0.1) is 10.5 Å². The van der Waals surface area contributed by atoms with Gasteiger partial charge >= 0.3 is 0 Å². The number of fused-ring (bicyclic) bond motifs is 1. The highest BCUT2D eigenvalue weighted by atomic mass is 35.5. The van der Waals surface area contributed by atoms with E-state index in [1.165, 1.54) is 5.56 Å². The predicted octanol–water partition coefficient (Wildman–Crippen LogP) is 4.24. The molecule has 0 atom stereocenters. The molecule has 0 radical (unpaired) electrons. The van der Waals surface area contributed by atoms with Crippen molar-refractivity contribution in [2.75, 3.05) is 6.61 Å². The van der Waals surface area contributed by atoms with Crippen molar-refractivity contribution in [1.29, 1.82) is 0 Å². The largest absolute Gasteiger partial charge is 0.361 e. The summed E-state index contributed by atoms with van der Waals surface area (Å²) in [5, 5.41) is 1.99. The number of halogens is 1. The lowest BCUT2D eigenvalue weighted by Crippen LogP contribution is -2.01. The summed E-state index contributed by atoms with van der Waals surface area (Å²) in [6.45, 7) is 5.66. The van der Waals surface area contributed by atoms with Crippen LogP contribution in [0, 0.1) is 0 Å². The zero-order valence-corrected chi connectivity index (χ0v) is 11.1. The van der Waals surface area contributed by atoms with Gasteiger partial charge in [-0.1, -0.05) is 31.5 Å². The molecule has 92 valence electrons. The predicted molar refractivity (Wildman–Crippen MR) is 72.6 cm³/mol. The summed E-state index contributed by atoms with van der Waals surface area (Å²) in [7, 11) is 0. The molecule has 0 aliphatic carbocycles. The molecule has 2 rings (SSSR count). The van der Waals surface area contributed by atoms with Crippen LogP contribution in [0.4, 0.5) is 0 Å². The van der Waals surface area contributed by atoms with Crippen molar-refractivity contribution in [1.82, 2.24) is 4.57 Å². The van der Waals surface area contributed by atoms with E-state index in [4.69, 9.17) is 16.3 Å². The zero-order chi connectivity index (χ0) is 12.3. The summed E-state index contributed by atoms with van der Waals surface area (Å²) in [4.78, 5) is 0. The van der Waals surface area contributed by atoms with Crippen LogP contribution in [0.15, 0.2) is 24.4 Å². The molecule has 0 saturated heterocycles. The van der Waals surface area contributed by atoms with Gasteiger partial charge in [-0.15, -0.1) is 0 Å². The molecule has 0 aliphatic heterocycles. The molecule has 2 aromatic rings. The molecule has 0 N–H and O–H groups in total. The fourth-order valence-corrected chi connectivity index (χ4v) is 2.37. The fraction of sp³-hybridized carbons (Fsp3) is 0.429. The van der Waals surface area contributed by atoms with E-state index in [1.807, 2.05) is 12.1 Å². The molecule has 2 nitrogen and oxygen atoms in total. The lowest BCUT2D eigenvalue weighted by Gasteiger charge is -2.05. The number of aryl methyl sites for hydroxylation is 1. The second kappa shape index (κ2) is 5.56. The van der Waals surface area contributed by atoms with Crippen molar-refractivity contribution in [2.45, 2.75) is 33.4 Å². The Labute approximate surface area is 107 Å². The number of rotatable bonds is 5. The maximum Gasteiger partial charge on any atom is 0.122 e. The summed E-state index contributed by atoms with van der Waals surface area (Å²) >= 11 is 6.26. The average molecular weight is 252 g/mol. The maximum atomic E-state index is 6.26. The number of aromatic nitrogens is 1. The van der Waals surface area contributed by atoms with E-state index in [1.54, 1.807) is 0 Å². The third-order valence-corrected chi connectivity index (χ3v) is 3.21. The van der Waals surface area contributed by atoms with Crippen molar-refractivity contribution in [3.8, 4) is 0 Å². The molecule has 17 heavy (non-hydrogen) atoms. The van der Waals surface area contributed by atoms with E-state index in [9.17, 15) is 0 Å². The lowest BCUT2D eigenvalue weighted by molar-refractivity contribution is 0.0803. The first-order valence-corrected chi connectivity index (χ1v) is 6.49. The quantitative estimate of drug-likeness (QED) is 0.725. The summed E-state index contributed by atoms with van der Waals surface area (Å²) in [5.74, 6) is 0. The van der Waals surface area contributed by atoms with Gasteiger partial charge in [0.1, 0.15) is 6.73 Å². The van der Waals surface area contributed by atoms with Crippen LogP contribution in [0.5, 0.6) is 0 Å². The molecule has 1 aromatic heterocycles. The highest BCUT2D eigenvalue weighted by molar-refractivity contribution is 6.35. The summed E-state index contributed by atoms with van der Waals surface area (Å²) in [6.07, 6.45) is 4.17. The minimum absolute atomic E-state index is 0.602. The standard InChI is InChI=1S/C14H18ClNO/c1-3-8-17-10-16-9-11(4-2)14-12(15)6-5-7-13(14)16/h5-7,9H,3-4,8,10H2,1-2H3. The van der Waals surface area contributed by atoms with Gasteiger partial charge < -0.3 is 9.30 Å². The van der Waals surface area contributed by atoms with Gasteiger partial charge in [0.2, 0.25) is 0 Å². The fourth-order valence-electron chi connectivity index (χ4n) is 2.07. The first-order chi connectivity index (χ1) is 8.27. The maximum absolute atomic E-state index is 6.26. The molecule has 0 unspecified atom stereocenters. The Morgan fingerprint density at radius 1 is 1.29 bits per heavy atom. The second-order valence-corrected chi connectivity index (χ2v) is 4.56. The number of hydrogen-bond acceptors (Lipinski definition) is 1. The first kappa shape index (κ1) is 12.5. The van der Waals surface area contributed by atoms with Gasteiger partial charge in [0.25, 0.3) is 0 Å². The Hall–Kier alpha value is -0.990. The average Bonchev–Trinajstić information content (AvgIpc) is 2.70. The Morgan fingerprint density at radius 3 is 2.82 bits per heavy atom. The topological polar surface area (TPSA) is 14.2 Å². The minimum atomic E-state index is 0.602.